The summed E-state index contributed by atoms with van der Waals surface area (Å²) in [5.41, 5.74) is 4.42. The lowest BCUT2D eigenvalue weighted by Crippen LogP contribution is -2.36. The highest BCUT2D eigenvalue weighted by molar-refractivity contribution is 5.96. The molecule has 0 spiro atoms. The normalized spacial score (nSPS) is 12.1. The van der Waals surface area contributed by atoms with E-state index < -0.39 is 12.0 Å². The van der Waals surface area contributed by atoms with Gasteiger partial charge in [0.15, 0.2) is 6.04 Å². The molecule has 0 aliphatic carbocycles. The van der Waals surface area contributed by atoms with Crippen molar-refractivity contribution in [2.75, 3.05) is 6.61 Å². The summed E-state index contributed by atoms with van der Waals surface area (Å²) in [5.74, 6) is -0.721. The molecule has 2 aromatic heterocycles. The van der Waals surface area contributed by atoms with Gasteiger partial charge in [0.05, 0.1) is 24.5 Å². The summed E-state index contributed by atoms with van der Waals surface area (Å²) in [4.78, 5) is 26.0. The van der Waals surface area contributed by atoms with Crippen molar-refractivity contribution in [1.29, 1.82) is 0 Å². The molecule has 1 amide bonds. The molecule has 0 unspecified atom stereocenters. The van der Waals surface area contributed by atoms with E-state index in [1.165, 1.54) is 4.68 Å². The lowest BCUT2D eigenvalue weighted by molar-refractivity contribution is -0.145. The van der Waals surface area contributed by atoms with E-state index in [1.54, 1.807) is 20.0 Å². The Balaban J connectivity index is 1.94. The van der Waals surface area contributed by atoms with Crippen molar-refractivity contribution in [3.63, 3.8) is 0 Å². The molecule has 0 saturated heterocycles. The maximum atomic E-state index is 13.1. The topological polar surface area (TPSA) is 91.0 Å². The van der Waals surface area contributed by atoms with Crippen molar-refractivity contribution in [2.45, 2.75) is 53.1 Å². The maximum Gasteiger partial charge on any atom is 0.333 e. The molecule has 1 N–H and O–H groups in total. The average Bonchev–Trinajstić information content (AvgIpc) is 3.27. The van der Waals surface area contributed by atoms with E-state index in [9.17, 15) is 9.59 Å². The summed E-state index contributed by atoms with van der Waals surface area (Å²) in [6, 6.07) is 10.7. The zero-order valence-electron chi connectivity index (χ0n) is 19.5. The van der Waals surface area contributed by atoms with E-state index in [2.05, 4.69) is 15.5 Å². The number of hydrogen-bond acceptors (Lipinski definition) is 5. The van der Waals surface area contributed by atoms with Crippen LogP contribution in [0.1, 0.15) is 71.4 Å². The lowest BCUT2D eigenvalue weighted by Gasteiger charge is -2.18. The van der Waals surface area contributed by atoms with Crippen molar-refractivity contribution in [1.82, 2.24) is 24.9 Å². The molecule has 0 aliphatic rings. The Labute approximate surface area is 188 Å². The first-order valence-electron chi connectivity index (χ1n) is 10.8. The minimum Gasteiger partial charge on any atom is -0.464 e. The number of rotatable bonds is 8. The van der Waals surface area contributed by atoms with Crippen LogP contribution >= 0.6 is 0 Å². The molecule has 170 valence electrons. The number of nitrogens with one attached hydrogen (secondary N) is 1. The van der Waals surface area contributed by atoms with Gasteiger partial charge in [-0.1, -0.05) is 44.2 Å². The molecule has 0 aliphatic heterocycles. The van der Waals surface area contributed by atoms with E-state index in [4.69, 9.17) is 4.74 Å². The summed E-state index contributed by atoms with van der Waals surface area (Å²) in [5, 5.41) is 11.9. The molecule has 0 fully saturated rings. The molecule has 32 heavy (non-hydrogen) atoms. The minimum absolute atomic E-state index is 0.185. The Morgan fingerprint density at radius 3 is 2.41 bits per heavy atom. The van der Waals surface area contributed by atoms with Gasteiger partial charge < -0.3 is 10.1 Å². The Hall–Kier alpha value is -3.42. The van der Waals surface area contributed by atoms with Gasteiger partial charge in [-0.05, 0) is 38.3 Å². The number of nitrogens with zero attached hydrogens (tertiary/aromatic N) is 4. The molecule has 0 bridgehead atoms. The van der Waals surface area contributed by atoms with Crippen molar-refractivity contribution in [3.05, 3.63) is 70.3 Å². The fourth-order valence-corrected chi connectivity index (χ4v) is 3.70. The Kier molecular flexibility index (Phi) is 7.12. The highest BCUT2D eigenvalue weighted by Crippen LogP contribution is 2.25. The second-order valence-corrected chi connectivity index (χ2v) is 8.12. The smallest absolute Gasteiger partial charge is 0.333 e. The Bertz CT molecular complexity index is 1100. The number of benzene rings is 1. The van der Waals surface area contributed by atoms with Crippen molar-refractivity contribution in [3.8, 4) is 0 Å². The van der Waals surface area contributed by atoms with E-state index in [1.807, 2.05) is 62.7 Å². The first-order valence-corrected chi connectivity index (χ1v) is 10.8. The number of hydrogen-bond donors (Lipinski definition) is 1. The van der Waals surface area contributed by atoms with Crippen LogP contribution < -0.4 is 5.32 Å². The zero-order valence-corrected chi connectivity index (χ0v) is 19.5. The first kappa shape index (κ1) is 23.2. The van der Waals surface area contributed by atoms with Gasteiger partial charge in [0, 0.05) is 18.3 Å². The summed E-state index contributed by atoms with van der Waals surface area (Å²) in [6.45, 7) is 10.3. The third kappa shape index (κ3) is 4.90. The van der Waals surface area contributed by atoms with Gasteiger partial charge in [-0.2, -0.15) is 10.2 Å². The van der Waals surface area contributed by atoms with Crippen LogP contribution in [0.3, 0.4) is 0 Å². The molecule has 1 atom stereocenters. The minimum atomic E-state index is -0.968. The fourth-order valence-electron chi connectivity index (χ4n) is 3.70. The molecular weight excluding hydrogens is 406 g/mol. The molecule has 0 saturated carbocycles. The van der Waals surface area contributed by atoms with Gasteiger partial charge >= 0.3 is 5.97 Å². The zero-order chi connectivity index (χ0) is 23.4. The van der Waals surface area contributed by atoms with Crippen LogP contribution in [0.4, 0.5) is 0 Å². The summed E-state index contributed by atoms with van der Waals surface area (Å²) < 4.78 is 8.67. The highest BCUT2D eigenvalue weighted by Gasteiger charge is 2.31. The molecule has 3 rings (SSSR count). The highest BCUT2D eigenvalue weighted by atomic mass is 16.5. The maximum absolute atomic E-state index is 13.1. The molecule has 8 heteroatoms. The number of carbonyl (C=O) groups excluding carboxylic acids is 2. The van der Waals surface area contributed by atoms with Crippen molar-refractivity contribution >= 4 is 11.9 Å². The Morgan fingerprint density at radius 2 is 1.81 bits per heavy atom. The average molecular weight is 438 g/mol. The van der Waals surface area contributed by atoms with Crippen LogP contribution in [0.2, 0.25) is 0 Å². The van der Waals surface area contributed by atoms with Gasteiger partial charge in [0.1, 0.15) is 5.69 Å². The summed E-state index contributed by atoms with van der Waals surface area (Å²) in [6.07, 6.45) is 0. The van der Waals surface area contributed by atoms with Crippen LogP contribution in [-0.4, -0.2) is 38.0 Å². The molecule has 3 aromatic rings. The lowest BCUT2D eigenvalue weighted by atomic mass is 10.0. The van der Waals surface area contributed by atoms with E-state index in [-0.39, 0.29) is 18.4 Å². The fraction of sp³-hybridized carbons (Fsp3) is 0.417. The number of amides is 1. The largest absolute Gasteiger partial charge is 0.464 e. The van der Waals surface area contributed by atoms with Crippen LogP contribution in [0.15, 0.2) is 36.4 Å². The van der Waals surface area contributed by atoms with E-state index >= 15 is 0 Å². The third-order valence-electron chi connectivity index (χ3n) is 5.42. The van der Waals surface area contributed by atoms with Gasteiger partial charge in [0.2, 0.25) is 0 Å². The summed E-state index contributed by atoms with van der Waals surface area (Å²) >= 11 is 0. The predicted octanol–water partition coefficient (Wildman–Crippen LogP) is 3.44. The van der Waals surface area contributed by atoms with Crippen molar-refractivity contribution < 1.29 is 14.3 Å². The number of aromatic nitrogens is 4. The second kappa shape index (κ2) is 9.80. The number of esters is 1. The van der Waals surface area contributed by atoms with Gasteiger partial charge in [-0.3, -0.25) is 14.2 Å². The monoisotopic (exact) mass is 437 g/mol. The molecule has 8 nitrogen and oxygen atoms in total. The molecule has 0 radical (unpaired) electrons. The van der Waals surface area contributed by atoms with Crippen LogP contribution in [-0.2, 0) is 23.1 Å². The van der Waals surface area contributed by atoms with Gasteiger partial charge in [0.25, 0.3) is 5.91 Å². The van der Waals surface area contributed by atoms with E-state index in [0.29, 0.717) is 23.5 Å². The standard InChI is InChI=1S/C24H31N5O3/c1-7-32-24(31)22(25-23(30)20-13-19(15(2)3)27-28(20)6)21-16(4)26-29(17(21)5)14-18-11-9-8-10-12-18/h8-13,15,22H,7,14H2,1-6H3,(H,25,30)/t22-/m0/s1. The quantitative estimate of drug-likeness (QED) is 0.545. The number of aryl methyl sites for hydroxylation is 2. The van der Waals surface area contributed by atoms with E-state index in [0.717, 1.165) is 17.0 Å². The SMILES string of the molecule is CCOC(=O)[C@@H](NC(=O)c1cc(C(C)C)nn1C)c1c(C)nn(Cc2ccccc2)c1C. The number of ether oxygens (including phenoxy) is 1. The van der Waals surface area contributed by atoms with Gasteiger partial charge in [-0.25, -0.2) is 4.79 Å². The summed E-state index contributed by atoms with van der Waals surface area (Å²) in [7, 11) is 1.72. The first-order chi connectivity index (χ1) is 15.2. The van der Waals surface area contributed by atoms with Crippen molar-refractivity contribution in [2.24, 2.45) is 7.05 Å². The third-order valence-corrected chi connectivity index (χ3v) is 5.42. The molecule has 1 aromatic carbocycles. The Morgan fingerprint density at radius 1 is 1.12 bits per heavy atom. The molecular formula is C24H31N5O3. The second-order valence-electron chi connectivity index (χ2n) is 8.12. The van der Waals surface area contributed by atoms with Crippen LogP contribution in [0.5, 0.6) is 0 Å². The van der Waals surface area contributed by atoms with Gasteiger partial charge in [-0.15, -0.1) is 0 Å². The van der Waals surface area contributed by atoms with Crippen LogP contribution in [0, 0.1) is 13.8 Å². The molecule has 2 heterocycles. The van der Waals surface area contributed by atoms with Crippen LogP contribution in [0.25, 0.3) is 0 Å². The predicted molar refractivity (Wildman–Crippen MR) is 121 cm³/mol. The number of carbonyl (C=O) groups is 2.